The van der Waals surface area contributed by atoms with Crippen molar-refractivity contribution in [1.82, 2.24) is 0 Å². The average Bonchev–Trinajstić information content (AvgIpc) is 3.22. The molecule has 1 aliphatic heterocycles. The minimum Gasteiger partial charge on any atom is -0.321 e. The highest BCUT2D eigenvalue weighted by Gasteiger charge is 2.87. The van der Waals surface area contributed by atoms with Gasteiger partial charge in [0, 0.05) is 5.56 Å². The van der Waals surface area contributed by atoms with Gasteiger partial charge in [-0.05, 0) is 36.4 Å². The number of nitrogens with zero attached hydrogens (tertiary/aromatic N) is 1. The first-order valence-electron chi connectivity index (χ1n) is 10.4. The van der Waals surface area contributed by atoms with Gasteiger partial charge in [0.25, 0.3) is 5.91 Å². The second kappa shape index (κ2) is 8.41. The van der Waals surface area contributed by atoms with Crippen molar-refractivity contribution in [3.8, 4) is 0 Å². The third-order valence-corrected chi connectivity index (χ3v) is 11.0. The van der Waals surface area contributed by atoms with E-state index in [2.05, 4.69) is 5.32 Å². The smallest absolute Gasteiger partial charge is 0.321 e. The van der Waals surface area contributed by atoms with Crippen LogP contribution < -0.4 is 10.2 Å². The summed E-state index contributed by atoms with van der Waals surface area (Å²) >= 11 is 38.8. The zero-order valence-electron chi connectivity index (χ0n) is 17.8. The number of hydrogen-bond acceptors (Lipinski definition) is 3. The number of carbonyl (C=O) groups excluding carboxylic acids is 3. The number of nitrogens with one attached hydrogen (secondary N) is 1. The quantitative estimate of drug-likeness (QED) is 0.296. The van der Waals surface area contributed by atoms with Gasteiger partial charge in [0.1, 0.15) is 9.75 Å². The lowest BCUT2D eigenvalue weighted by molar-refractivity contribution is -0.137. The molecule has 1 saturated heterocycles. The summed E-state index contributed by atoms with van der Waals surface area (Å²) in [5, 5.41) is 1.75. The predicted molar refractivity (Wildman–Crippen MR) is 136 cm³/mol. The second-order valence-corrected chi connectivity index (χ2v) is 11.9. The molecule has 2 aliphatic carbocycles. The number of amides is 3. The van der Waals surface area contributed by atoms with Crippen LogP contribution in [0, 0.1) is 11.8 Å². The van der Waals surface area contributed by atoms with Crippen LogP contribution in [0.5, 0.6) is 0 Å². The molecule has 1 saturated carbocycles. The van der Waals surface area contributed by atoms with E-state index in [-0.39, 0.29) is 21.3 Å². The van der Waals surface area contributed by atoms with Crippen molar-refractivity contribution in [2.45, 2.75) is 20.3 Å². The molecule has 0 radical (unpaired) electrons. The van der Waals surface area contributed by atoms with Crippen LogP contribution >= 0.6 is 69.6 Å². The summed E-state index contributed by atoms with van der Waals surface area (Å²) in [7, 11) is 0. The van der Waals surface area contributed by atoms with Gasteiger partial charge in [0.15, 0.2) is 4.33 Å². The number of carbonyl (C=O) groups is 3. The summed E-state index contributed by atoms with van der Waals surface area (Å²) in [5.74, 6) is -5.06. The molecule has 1 heterocycles. The Hall–Kier alpha value is -1.68. The highest BCUT2D eigenvalue weighted by atomic mass is 35.5. The number of allylic oxidation sites excluding steroid dienone is 2. The van der Waals surface area contributed by atoms with Crippen LogP contribution in [0.3, 0.4) is 0 Å². The van der Waals surface area contributed by atoms with E-state index in [0.29, 0.717) is 0 Å². The molecule has 3 amide bonds. The Morgan fingerprint density at radius 3 is 1.81 bits per heavy atom. The number of rotatable bonds is 3. The first kappa shape index (κ1) is 26.9. The van der Waals surface area contributed by atoms with E-state index >= 15 is 0 Å². The largest absolute Gasteiger partial charge is 0.418 e. The van der Waals surface area contributed by atoms with E-state index in [1.165, 1.54) is 36.4 Å². The summed E-state index contributed by atoms with van der Waals surface area (Å²) in [6.45, 7) is 0. The van der Waals surface area contributed by atoms with Gasteiger partial charge >= 0.3 is 6.18 Å². The first-order valence-corrected chi connectivity index (χ1v) is 12.6. The fraction of sp³-hybridized carbons (Fsp3) is 0.261. The Kier molecular flexibility index (Phi) is 6.11. The van der Waals surface area contributed by atoms with Gasteiger partial charge in [0.2, 0.25) is 11.8 Å². The highest BCUT2D eigenvalue weighted by molar-refractivity contribution is 6.67. The zero-order valence-corrected chi connectivity index (χ0v) is 22.4. The fourth-order valence-corrected chi connectivity index (χ4v) is 7.97. The van der Waals surface area contributed by atoms with Crippen LogP contribution in [0.2, 0.25) is 0 Å². The van der Waals surface area contributed by atoms with Crippen LogP contribution in [-0.2, 0) is 15.8 Å². The SMILES string of the molecule is O=C(Nc1ccccc1C(F)(F)F)c1ccc(N2C(=O)[C@H]3[C@H](C2=O)[C@@]2(Cl)C(Cl)=C(Cl)[C@@]3(Cl)C2(Cl)Cl)cc1. The molecule has 0 spiro atoms. The van der Waals surface area contributed by atoms with Gasteiger partial charge in [-0.25, -0.2) is 4.90 Å². The van der Waals surface area contributed by atoms with Crippen LogP contribution in [0.4, 0.5) is 24.5 Å². The molecule has 0 aromatic heterocycles. The lowest BCUT2D eigenvalue weighted by Gasteiger charge is -2.34. The molecule has 1 N–H and O–H groups in total. The highest BCUT2D eigenvalue weighted by Crippen LogP contribution is 2.77. The lowest BCUT2D eigenvalue weighted by atomic mass is 9.84. The topological polar surface area (TPSA) is 66.5 Å². The number of anilines is 2. The number of alkyl halides is 7. The molecule has 0 unspecified atom stereocenters. The maximum atomic E-state index is 13.4. The molecule has 3 aliphatic rings. The molecule has 5 nitrogen and oxygen atoms in total. The summed E-state index contributed by atoms with van der Waals surface area (Å²) in [5.41, 5.74) is -1.42. The van der Waals surface area contributed by atoms with Crippen molar-refractivity contribution >= 4 is 98.7 Å². The number of para-hydroxylation sites is 1. The van der Waals surface area contributed by atoms with Gasteiger partial charge in [-0.3, -0.25) is 14.4 Å². The first-order chi connectivity index (χ1) is 17.1. The minimum absolute atomic E-state index is 0.0315. The number of imide groups is 1. The maximum Gasteiger partial charge on any atom is 0.418 e. The summed E-state index contributed by atoms with van der Waals surface area (Å²) in [6, 6.07) is 9.52. The third-order valence-electron chi connectivity index (χ3n) is 6.78. The summed E-state index contributed by atoms with van der Waals surface area (Å²) in [4.78, 5) is 36.3. The Morgan fingerprint density at radius 1 is 0.838 bits per heavy atom. The second-order valence-electron chi connectivity index (χ2n) is 8.64. The van der Waals surface area contributed by atoms with E-state index in [9.17, 15) is 27.6 Å². The van der Waals surface area contributed by atoms with Crippen LogP contribution in [-0.4, -0.2) is 31.8 Å². The van der Waals surface area contributed by atoms with Crippen molar-refractivity contribution in [1.29, 1.82) is 0 Å². The normalized spacial score (nSPS) is 30.2. The summed E-state index contributed by atoms with van der Waals surface area (Å²) < 4.78 is 37.6. The standard InChI is InChI=1S/C23H11Cl6F3N2O3/c24-15-16(25)21(27)14-13(20(15,26)23(21,28)29)18(36)34(19(14)37)10-7-5-9(6-8-10)17(35)33-12-4-2-1-3-11(12)22(30,31)32/h1-8,13-14H,(H,33,35)/t13-,14-,20-,21-/m1/s1. The number of fused-ring (bicyclic) bond motifs is 5. The van der Waals surface area contributed by atoms with Crippen molar-refractivity contribution in [3.05, 3.63) is 69.7 Å². The van der Waals surface area contributed by atoms with Gasteiger partial charge in [0.05, 0.1) is 38.8 Å². The Bertz CT molecular complexity index is 1370. The van der Waals surface area contributed by atoms with Gasteiger partial charge < -0.3 is 5.32 Å². The van der Waals surface area contributed by atoms with Gasteiger partial charge in [-0.15, -0.1) is 23.2 Å². The minimum atomic E-state index is -4.68. The van der Waals surface area contributed by atoms with Crippen molar-refractivity contribution in [2.75, 3.05) is 10.2 Å². The van der Waals surface area contributed by atoms with Crippen molar-refractivity contribution in [2.24, 2.45) is 11.8 Å². The maximum absolute atomic E-state index is 13.4. The molecule has 14 heteroatoms. The van der Waals surface area contributed by atoms with E-state index < -0.39 is 61.1 Å². The zero-order chi connectivity index (χ0) is 27.3. The van der Waals surface area contributed by atoms with Gasteiger partial charge in [-0.2, -0.15) is 13.2 Å². The number of hydrogen-bond donors (Lipinski definition) is 1. The molecule has 4 atom stereocenters. The van der Waals surface area contributed by atoms with E-state index in [4.69, 9.17) is 69.6 Å². The van der Waals surface area contributed by atoms with Crippen LogP contribution in [0.15, 0.2) is 58.6 Å². The Morgan fingerprint density at radius 2 is 1.32 bits per heavy atom. The van der Waals surface area contributed by atoms with E-state index in [1.54, 1.807) is 0 Å². The molecule has 2 fully saturated rings. The monoisotopic (exact) mass is 630 g/mol. The summed E-state index contributed by atoms with van der Waals surface area (Å²) in [6.07, 6.45) is -4.68. The van der Waals surface area contributed by atoms with E-state index in [1.807, 2.05) is 0 Å². The number of benzene rings is 2. The molecule has 2 aromatic carbocycles. The molecule has 2 aromatic rings. The lowest BCUT2D eigenvalue weighted by Crippen LogP contribution is -2.50. The Balaban J connectivity index is 1.43. The predicted octanol–water partition coefficient (Wildman–Crippen LogP) is 6.91. The molecule has 37 heavy (non-hydrogen) atoms. The van der Waals surface area contributed by atoms with Crippen molar-refractivity contribution < 1.29 is 27.6 Å². The van der Waals surface area contributed by atoms with Gasteiger partial charge in [-0.1, -0.05) is 58.5 Å². The van der Waals surface area contributed by atoms with Crippen molar-refractivity contribution in [3.63, 3.8) is 0 Å². The Labute approximate surface area is 237 Å². The molecular weight excluding hydrogens is 622 g/mol. The van der Waals surface area contributed by atoms with Crippen LogP contribution in [0.1, 0.15) is 15.9 Å². The fourth-order valence-electron chi connectivity index (χ4n) is 5.05. The number of halogens is 9. The molecule has 5 rings (SSSR count). The third kappa shape index (κ3) is 3.36. The average molecular weight is 633 g/mol. The van der Waals surface area contributed by atoms with Crippen LogP contribution in [0.25, 0.3) is 0 Å². The molecule has 2 bridgehead atoms. The van der Waals surface area contributed by atoms with E-state index in [0.717, 1.165) is 17.0 Å². The molecule has 194 valence electrons. The molecular formula is C23H11Cl6F3N2O3.